The predicted octanol–water partition coefficient (Wildman–Crippen LogP) is 1.19. The molecule has 6 heteroatoms. The van der Waals surface area contributed by atoms with Crippen LogP contribution in [0.1, 0.15) is 36.0 Å². The number of aliphatic hydroxyl groups is 1. The number of ether oxygens (including phenoxy) is 1. The van der Waals surface area contributed by atoms with E-state index in [1.165, 1.54) is 13.3 Å². The highest BCUT2D eigenvalue weighted by atomic mass is 16.5. The average Bonchev–Trinajstić information content (AvgIpc) is 2.84. The van der Waals surface area contributed by atoms with Crippen LogP contribution in [0.25, 0.3) is 0 Å². The summed E-state index contributed by atoms with van der Waals surface area (Å²) >= 11 is 0. The van der Waals surface area contributed by atoms with E-state index in [-0.39, 0.29) is 5.69 Å². The highest BCUT2D eigenvalue weighted by Gasteiger charge is 2.32. The summed E-state index contributed by atoms with van der Waals surface area (Å²) in [6, 6.07) is 1.60. The van der Waals surface area contributed by atoms with Crippen LogP contribution in [0.5, 0.6) is 0 Å². The lowest BCUT2D eigenvalue weighted by molar-refractivity contribution is 0.0558. The van der Waals surface area contributed by atoms with Gasteiger partial charge in [-0.2, -0.15) is 0 Å². The van der Waals surface area contributed by atoms with Crippen LogP contribution in [0.3, 0.4) is 0 Å². The zero-order chi connectivity index (χ0) is 14.8. The number of methoxy groups -OCH3 is 1. The first kappa shape index (κ1) is 14.6. The quantitative estimate of drug-likeness (QED) is 0.805. The van der Waals surface area contributed by atoms with Crippen LogP contribution >= 0.6 is 0 Å². The fourth-order valence-electron chi connectivity index (χ4n) is 2.66. The Labute approximate surface area is 118 Å². The van der Waals surface area contributed by atoms with Crippen molar-refractivity contribution in [3.05, 3.63) is 17.8 Å². The molecule has 3 N–H and O–H groups in total. The molecule has 1 aliphatic rings. The zero-order valence-electron chi connectivity index (χ0n) is 11.9. The van der Waals surface area contributed by atoms with Crippen LogP contribution in [-0.4, -0.2) is 42.4 Å². The molecule has 0 amide bonds. The standard InChI is InChI=1S/C14H21N3O3/c1-17(9-14(19)5-3-4-6-14)12-7-10(13(18)20-2)11(15)8-16-12/h7-8,19H,3-6,9,15H2,1-2H3. The lowest BCUT2D eigenvalue weighted by atomic mass is 10.0. The normalized spacial score (nSPS) is 16.9. The summed E-state index contributed by atoms with van der Waals surface area (Å²) in [6.07, 6.45) is 5.14. The van der Waals surface area contributed by atoms with Gasteiger partial charge in [-0.3, -0.25) is 0 Å². The van der Waals surface area contributed by atoms with Gasteiger partial charge in [0.15, 0.2) is 0 Å². The van der Waals surface area contributed by atoms with Gasteiger partial charge in [-0.25, -0.2) is 9.78 Å². The number of aromatic nitrogens is 1. The van der Waals surface area contributed by atoms with Crippen molar-refractivity contribution in [2.75, 3.05) is 31.3 Å². The zero-order valence-corrected chi connectivity index (χ0v) is 11.9. The number of carbonyl (C=O) groups is 1. The summed E-state index contributed by atoms with van der Waals surface area (Å²) in [5, 5.41) is 10.4. The van der Waals surface area contributed by atoms with Crippen molar-refractivity contribution in [2.24, 2.45) is 0 Å². The lowest BCUT2D eigenvalue weighted by Gasteiger charge is -2.29. The third-order valence-electron chi connectivity index (χ3n) is 3.78. The van der Waals surface area contributed by atoms with E-state index in [1.54, 1.807) is 6.07 Å². The van der Waals surface area contributed by atoms with Crippen LogP contribution in [-0.2, 0) is 4.74 Å². The molecule has 1 aromatic rings. The Hall–Kier alpha value is -1.82. The Morgan fingerprint density at radius 1 is 1.55 bits per heavy atom. The maximum Gasteiger partial charge on any atom is 0.340 e. The summed E-state index contributed by atoms with van der Waals surface area (Å²) in [4.78, 5) is 17.7. The fraction of sp³-hybridized carbons (Fsp3) is 0.571. The molecule has 1 heterocycles. The number of nitrogens with zero attached hydrogens (tertiary/aromatic N) is 2. The predicted molar refractivity (Wildman–Crippen MR) is 76.7 cm³/mol. The Morgan fingerprint density at radius 2 is 2.20 bits per heavy atom. The van der Waals surface area contributed by atoms with E-state index < -0.39 is 11.6 Å². The largest absolute Gasteiger partial charge is 0.465 e. The molecule has 1 saturated carbocycles. The van der Waals surface area contributed by atoms with Crippen molar-refractivity contribution >= 4 is 17.5 Å². The molecule has 1 aromatic heterocycles. The molecule has 1 aliphatic carbocycles. The fourth-order valence-corrected chi connectivity index (χ4v) is 2.66. The summed E-state index contributed by atoms with van der Waals surface area (Å²) in [5.74, 6) is 0.110. The van der Waals surface area contributed by atoms with Crippen molar-refractivity contribution < 1.29 is 14.6 Å². The maximum atomic E-state index is 11.6. The number of hydrogen-bond donors (Lipinski definition) is 2. The van der Waals surface area contributed by atoms with Gasteiger partial charge < -0.3 is 20.5 Å². The molecule has 0 radical (unpaired) electrons. The minimum Gasteiger partial charge on any atom is -0.465 e. The maximum absolute atomic E-state index is 11.6. The van der Waals surface area contributed by atoms with E-state index in [2.05, 4.69) is 4.98 Å². The number of likely N-dealkylation sites (N-methyl/N-ethyl adjacent to an activating group) is 1. The van der Waals surface area contributed by atoms with Gasteiger partial charge in [-0.15, -0.1) is 0 Å². The van der Waals surface area contributed by atoms with E-state index in [4.69, 9.17) is 10.5 Å². The minimum atomic E-state index is -0.663. The number of pyridine rings is 1. The SMILES string of the molecule is COC(=O)c1cc(N(C)CC2(O)CCCC2)ncc1N. The smallest absolute Gasteiger partial charge is 0.340 e. The van der Waals surface area contributed by atoms with E-state index in [0.717, 1.165) is 25.7 Å². The lowest BCUT2D eigenvalue weighted by Crippen LogP contribution is -2.39. The van der Waals surface area contributed by atoms with Crippen molar-refractivity contribution in [2.45, 2.75) is 31.3 Å². The van der Waals surface area contributed by atoms with Crippen LogP contribution in [0.4, 0.5) is 11.5 Å². The molecule has 0 unspecified atom stereocenters. The number of esters is 1. The van der Waals surface area contributed by atoms with Gasteiger partial charge in [0.1, 0.15) is 5.82 Å². The van der Waals surface area contributed by atoms with Gasteiger partial charge in [0.2, 0.25) is 0 Å². The Kier molecular flexibility index (Phi) is 4.13. The number of nitrogens with two attached hydrogens (primary N) is 1. The molecule has 0 aliphatic heterocycles. The van der Waals surface area contributed by atoms with Crippen LogP contribution in [0, 0.1) is 0 Å². The first-order chi connectivity index (χ1) is 9.45. The first-order valence-corrected chi connectivity index (χ1v) is 6.72. The van der Waals surface area contributed by atoms with Crippen molar-refractivity contribution in [1.29, 1.82) is 0 Å². The van der Waals surface area contributed by atoms with Gasteiger partial charge in [0.05, 0.1) is 30.2 Å². The van der Waals surface area contributed by atoms with Crippen molar-refractivity contribution in [3.63, 3.8) is 0 Å². The molecule has 2 rings (SSSR count). The second kappa shape index (κ2) is 5.66. The van der Waals surface area contributed by atoms with Gasteiger partial charge in [0, 0.05) is 13.6 Å². The van der Waals surface area contributed by atoms with Gasteiger partial charge in [-0.05, 0) is 18.9 Å². The molecule has 20 heavy (non-hydrogen) atoms. The van der Waals surface area contributed by atoms with Crippen molar-refractivity contribution in [1.82, 2.24) is 4.98 Å². The summed E-state index contributed by atoms with van der Waals surface area (Å²) < 4.78 is 4.69. The van der Waals surface area contributed by atoms with E-state index >= 15 is 0 Å². The van der Waals surface area contributed by atoms with Gasteiger partial charge >= 0.3 is 5.97 Å². The average molecular weight is 279 g/mol. The van der Waals surface area contributed by atoms with Crippen molar-refractivity contribution in [3.8, 4) is 0 Å². The Bertz CT molecular complexity index is 498. The highest BCUT2D eigenvalue weighted by molar-refractivity contribution is 5.95. The third-order valence-corrected chi connectivity index (χ3v) is 3.78. The molecular formula is C14H21N3O3. The summed E-state index contributed by atoms with van der Waals surface area (Å²) in [7, 11) is 3.16. The molecule has 0 bridgehead atoms. The van der Waals surface area contributed by atoms with Gasteiger partial charge in [0.25, 0.3) is 0 Å². The number of hydrogen-bond acceptors (Lipinski definition) is 6. The Balaban J connectivity index is 2.17. The molecule has 0 saturated heterocycles. The van der Waals surface area contributed by atoms with Crippen LogP contribution in [0.15, 0.2) is 12.3 Å². The summed E-state index contributed by atoms with van der Waals surface area (Å²) in [5.41, 5.74) is 5.64. The molecule has 6 nitrogen and oxygen atoms in total. The molecule has 1 fully saturated rings. The van der Waals surface area contributed by atoms with E-state index in [0.29, 0.717) is 17.9 Å². The van der Waals surface area contributed by atoms with Gasteiger partial charge in [-0.1, -0.05) is 12.8 Å². The van der Waals surface area contributed by atoms with E-state index in [1.807, 2.05) is 11.9 Å². The molecular weight excluding hydrogens is 258 g/mol. The van der Waals surface area contributed by atoms with Crippen LogP contribution < -0.4 is 10.6 Å². The van der Waals surface area contributed by atoms with E-state index in [9.17, 15) is 9.90 Å². The number of anilines is 2. The minimum absolute atomic E-state index is 0.286. The highest BCUT2D eigenvalue weighted by Crippen LogP contribution is 2.31. The number of nitrogen functional groups attached to an aromatic ring is 1. The first-order valence-electron chi connectivity index (χ1n) is 6.72. The topological polar surface area (TPSA) is 88.7 Å². The second-order valence-corrected chi connectivity index (χ2v) is 5.41. The molecule has 110 valence electrons. The third kappa shape index (κ3) is 3.01. The number of carbonyl (C=O) groups excluding carboxylic acids is 1. The second-order valence-electron chi connectivity index (χ2n) is 5.41. The molecule has 0 atom stereocenters. The number of rotatable bonds is 4. The van der Waals surface area contributed by atoms with Crippen LogP contribution in [0.2, 0.25) is 0 Å². The monoisotopic (exact) mass is 279 g/mol. The molecule has 0 spiro atoms. The Morgan fingerprint density at radius 3 is 2.80 bits per heavy atom. The molecule has 0 aromatic carbocycles. The summed E-state index contributed by atoms with van der Waals surface area (Å²) in [6.45, 7) is 0.491.